The molecule has 58 heavy (non-hydrogen) atoms. The summed E-state index contributed by atoms with van der Waals surface area (Å²) in [7, 11) is -1.27. The minimum absolute atomic E-state index is 0. The largest absolute Gasteiger partial charge is 0.501 e. The van der Waals surface area contributed by atoms with Crippen molar-refractivity contribution in [3.63, 3.8) is 0 Å². The minimum atomic E-state index is -1.27. The molecule has 9 aromatic rings. The van der Waals surface area contributed by atoms with E-state index >= 15 is 0 Å². The average molecular weight is 956 g/mol. The Hall–Kier alpha value is -5.67. The van der Waals surface area contributed by atoms with Crippen LogP contribution in [-0.2, 0) is 20.1 Å². The van der Waals surface area contributed by atoms with Crippen molar-refractivity contribution >= 4 is 46.5 Å². The van der Waals surface area contributed by atoms with E-state index < -0.39 is 8.07 Å². The van der Waals surface area contributed by atoms with Crippen molar-refractivity contribution in [1.82, 2.24) is 35.2 Å². The normalized spacial score (nSPS) is 11.6. The number of hydrogen-bond donors (Lipinski definition) is 0. The fraction of sp³-hybridized carbons (Fsp3) is 0.208. The number of furan rings is 1. The van der Waals surface area contributed by atoms with Crippen LogP contribution in [0.2, 0.25) is 19.6 Å². The van der Waals surface area contributed by atoms with Crippen LogP contribution in [0.15, 0.2) is 120 Å². The summed E-state index contributed by atoms with van der Waals surface area (Å²) in [5.74, 6) is 1.08. The van der Waals surface area contributed by atoms with E-state index in [2.05, 4.69) is 157 Å². The first-order valence-corrected chi connectivity index (χ1v) is 22.9. The molecule has 0 bridgehead atoms. The number of nitrogens with zero attached hydrogens (tertiary/aromatic N) is 7. The van der Waals surface area contributed by atoms with Crippen molar-refractivity contribution in [3.8, 4) is 39.5 Å². The van der Waals surface area contributed by atoms with Crippen molar-refractivity contribution in [2.75, 3.05) is 0 Å². The Morgan fingerprint density at radius 1 is 0.707 bits per heavy atom. The summed E-state index contributed by atoms with van der Waals surface area (Å²) in [5.41, 5.74) is 12.4. The number of pyridine rings is 1. The van der Waals surface area contributed by atoms with Gasteiger partial charge in [0.15, 0.2) is 0 Å². The third-order valence-corrected chi connectivity index (χ3v) is 12.5. The van der Waals surface area contributed by atoms with Gasteiger partial charge in [0.05, 0.1) is 19.5 Å². The van der Waals surface area contributed by atoms with Crippen molar-refractivity contribution < 1.29 is 24.5 Å². The van der Waals surface area contributed by atoms with E-state index in [4.69, 9.17) is 9.40 Å². The molecule has 0 N–H and O–H groups in total. The van der Waals surface area contributed by atoms with Gasteiger partial charge in [-0.3, -0.25) is 4.98 Å². The fourth-order valence-electron chi connectivity index (χ4n) is 7.57. The molecule has 9 rings (SSSR count). The smallest absolute Gasteiger partial charge is 0.214 e. The molecule has 0 aliphatic carbocycles. The van der Waals surface area contributed by atoms with Crippen LogP contribution in [0.5, 0.6) is 0 Å². The summed E-state index contributed by atoms with van der Waals surface area (Å²) in [6.07, 6.45) is 2.05. The molecule has 10 heteroatoms. The standard InChI is InChI=1S/C33H27N6O.C15H18NSi.Ir/c1-19(2)26-17-22(21-11-6-5-7-12-21)18-27(20(3)4)29(26)39-32(34-31-33(39)36-38-37-35-31)25-15-10-14-24-23-13-8-9-16-28(23)40-30(24)25;1-12-10-14(13-8-6-5-7-9-13)16-11-15(12)17(2,3)4;/h5-14,16-20H,1-4H3;5-8,10-11H,1-4H3;/q2*-1;. The van der Waals surface area contributed by atoms with Gasteiger partial charge in [0, 0.05) is 37.4 Å². The van der Waals surface area contributed by atoms with Crippen LogP contribution in [0, 0.1) is 19.1 Å². The van der Waals surface area contributed by atoms with Crippen molar-refractivity contribution in [3.05, 3.63) is 144 Å². The molecule has 0 atom stereocenters. The zero-order valence-electron chi connectivity index (χ0n) is 34.0. The van der Waals surface area contributed by atoms with Crippen LogP contribution >= 0.6 is 0 Å². The molecule has 0 aliphatic rings. The first-order valence-electron chi connectivity index (χ1n) is 19.4. The first-order chi connectivity index (χ1) is 27.5. The van der Waals surface area contributed by atoms with Gasteiger partial charge in [0.2, 0.25) is 11.3 Å². The molecule has 1 radical (unpaired) electrons. The van der Waals surface area contributed by atoms with E-state index in [0.717, 1.165) is 44.4 Å². The monoisotopic (exact) mass is 956 g/mol. The Labute approximate surface area is 354 Å². The van der Waals surface area contributed by atoms with E-state index in [1.807, 2.05) is 54.6 Å². The van der Waals surface area contributed by atoms with Crippen molar-refractivity contribution in [2.45, 2.75) is 66.1 Å². The maximum absolute atomic E-state index is 6.40. The summed E-state index contributed by atoms with van der Waals surface area (Å²) >= 11 is 0. The molecular weight excluding hydrogens is 911 g/mol. The van der Waals surface area contributed by atoms with E-state index in [-0.39, 0.29) is 31.9 Å². The number of rotatable bonds is 7. The molecular formula is C48H45IrN7OSi-2. The van der Waals surface area contributed by atoms with Gasteiger partial charge < -0.3 is 14.0 Å². The van der Waals surface area contributed by atoms with Crippen LogP contribution in [-0.4, -0.2) is 43.2 Å². The predicted molar refractivity (Wildman–Crippen MR) is 234 cm³/mol. The van der Waals surface area contributed by atoms with E-state index in [0.29, 0.717) is 17.1 Å². The predicted octanol–water partition coefficient (Wildman–Crippen LogP) is 11.3. The van der Waals surface area contributed by atoms with Crippen LogP contribution in [0.1, 0.15) is 56.2 Å². The van der Waals surface area contributed by atoms with Crippen LogP contribution in [0.25, 0.3) is 72.7 Å². The second kappa shape index (κ2) is 16.7. The SMILES string of the molecule is CC(C)c1cc(-c2ccccc2)cc(C(C)C)c1-n1c(-c2[c-]ccc3c2oc2ccccc23)nc2nnnnc21.Cc1cc(-c2[c-]cccc2)ncc1[Si](C)(C)C.[Ir]. The number of aromatic nitrogens is 7. The number of aryl methyl sites for hydroxylation is 1. The van der Waals surface area contributed by atoms with E-state index in [1.165, 1.54) is 33.0 Å². The van der Waals surface area contributed by atoms with Crippen LogP contribution in [0.4, 0.5) is 0 Å². The topological polar surface area (TPSA) is 95.4 Å². The summed E-state index contributed by atoms with van der Waals surface area (Å²) in [6, 6.07) is 43.9. The number of imidazole rings is 1. The summed E-state index contributed by atoms with van der Waals surface area (Å²) < 4.78 is 8.48. The molecule has 0 aliphatic heterocycles. The second-order valence-electron chi connectivity index (χ2n) is 16.1. The third-order valence-electron chi connectivity index (χ3n) is 10.4. The molecule has 0 amide bonds. The number of hydrogen-bond acceptors (Lipinski definition) is 7. The van der Waals surface area contributed by atoms with Crippen LogP contribution in [0.3, 0.4) is 0 Å². The Morgan fingerprint density at radius 3 is 2.07 bits per heavy atom. The van der Waals surface area contributed by atoms with Crippen molar-refractivity contribution in [1.29, 1.82) is 0 Å². The van der Waals surface area contributed by atoms with Crippen LogP contribution < -0.4 is 5.19 Å². The van der Waals surface area contributed by atoms with Gasteiger partial charge in [-0.15, -0.1) is 64.3 Å². The van der Waals surface area contributed by atoms with E-state index in [9.17, 15) is 0 Å². The van der Waals surface area contributed by atoms with Gasteiger partial charge in [-0.05, 0) is 80.5 Å². The second-order valence-corrected chi connectivity index (χ2v) is 21.1. The van der Waals surface area contributed by atoms with Gasteiger partial charge in [-0.2, -0.15) is 0 Å². The molecule has 0 saturated heterocycles. The minimum Gasteiger partial charge on any atom is -0.501 e. The Balaban J connectivity index is 0.000000240. The Kier molecular flexibility index (Phi) is 11.6. The molecule has 0 fully saturated rings. The summed E-state index contributed by atoms with van der Waals surface area (Å²) in [5, 5.41) is 19.9. The molecule has 0 spiro atoms. The number of para-hydroxylation sites is 1. The summed E-state index contributed by atoms with van der Waals surface area (Å²) in [4.78, 5) is 9.54. The average Bonchev–Trinajstić information content (AvgIpc) is 3.79. The Morgan fingerprint density at radius 2 is 1.40 bits per heavy atom. The van der Waals surface area contributed by atoms with Gasteiger partial charge in [0.1, 0.15) is 5.58 Å². The zero-order valence-corrected chi connectivity index (χ0v) is 37.4. The maximum Gasteiger partial charge on any atom is 0.214 e. The van der Waals surface area contributed by atoms with E-state index in [1.54, 1.807) is 0 Å². The maximum atomic E-state index is 6.40. The first kappa shape index (κ1) is 40.5. The zero-order chi connectivity index (χ0) is 39.8. The fourth-order valence-corrected chi connectivity index (χ4v) is 9.28. The Bertz CT molecular complexity index is 2830. The van der Waals surface area contributed by atoms with Crippen molar-refractivity contribution in [2.24, 2.45) is 0 Å². The third kappa shape index (κ3) is 7.80. The van der Waals surface area contributed by atoms with Gasteiger partial charge in [0.25, 0.3) is 0 Å². The van der Waals surface area contributed by atoms with Gasteiger partial charge in [-0.1, -0.05) is 118 Å². The molecule has 0 unspecified atom stereocenters. The summed E-state index contributed by atoms with van der Waals surface area (Å²) in [6.45, 7) is 18.1. The molecule has 0 saturated carbocycles. The molecule has 4 heterocycles. The van der Waals surface area contributed by atoms with Gasteiger partial charge >= 0.3 is 0 Å². The molecule has 293 valence electrons. The molecule has 5 aromatic carbocycles. The molecule has 4 aromatic heterocycles. The number of benzene rings is 5. The number of fused-ring (bicyclic) bond motifs is 4. The quantitative estimate of drug-likeness (QED) is 0.116. The molecule has 8 nitrogen and oxygen atoms in total. The van der Waals surface area contributed by atoms with Gasteiger partial charge in [-0.25, -0.2) is 0 Å².